The van der Waals surface area contributed by atoms with Gasteiger partial charge in [-0.05, 0) is 60.8 Å². The van der Waals surface area contributed by atoms with E-state index in [0.717, 1.165) is 56.4 Å². The first-order chi connectivity index (χ1) is 21.8. The van der Waals surface area contributed by atoms with Crippen molar-refractivity contribution in [2.45, 2.75) is 50.2 Å². The van der Waals surface area contributed by atoms with Crippen LogP contribution < -0.4 is 5.32 Å². The highest BCUT2D eigenvalue weighted by atomic mass is 35.5. The van der Waals surface area contributed by atoms with Crippen LogP contribution in [-0.4, -0.2) is 76.9 Å². The highest BCUT2D eigenvalue weighted by molar-refractivity contribution is 5.94. The predicted molar refractivity (Wildman–Crippen MR) is 183 cm³/mol. The molecule has 0 bridgehead atoms. The Labute approximate surface area is 277 Å². The van der Waals surface area contributed by atoms with Crippen molar-refractivity contribution in [3.05, 3.63) is 124 Å². The summed E-state index contributed by atoms with van der Waals surface area (Å²) in [5, 5.41) is 13.9. The molecular weight excluding hydrogens is 602 g/mol. The number of hydrogen-bond donors (Lipinski definition) is 1. The van der Waals surface area contributed by atoms with Crippen LogP contribution in [0, 0.1) is 16.0 Å². The second kappa shape index (κ2) is 16.4. The molecule has 0 spiro atoms. The van der Waals surface area contributed by atoms with E-state index in [4.69, 9.17) is 0 Å². The summed E-state index contributed by atoms with van der Waals surface area (Å²) < 4.78 is 0. The Morgan fingerprint density at radius 3 is 2.20 bits per heavy atom. The van der Waals surface area contributed by atoms with E-state index >= 15 is 0 Å². The zero-order valence-corrected chi connectivity index (χ0v) is 27.2. The van der Waals surface area contributed by atoms with Gasteiger partial charge in [0, 0.05) is 69.6 Å². The van der Waals surface area contributed by atoms with Gasteiger partial charge in [0.1, 0.15) is 0 Å². The number of nitrogens with zero attached hydrogens (tertiary/aromatic N) is 4. The fraction of sp³-hybridized carbons (Fsp3) is 0.389. The molecule has 10 heteroatoms. The third-order valence-electron chi connectivity index (χ3n) is 9.45. The molecule has 5 rings (SSSR count). The average molecular weight is 646 g/mol. The van der Waals surface area contributed by atoms with E-state index in [1.54, 1.807) is 18.2 Å². The second-order valence-electron chi connectivity index (χ2n) is 12.2. The molecular formula is C36H44ClN5O4. The number of likely N-dealkylation sites (tertiary alicyclic amines) is 1. The van der Waals surface area contributed by atoms with Gasteiger partial charge < -0.3 is 20.0 Å². The Bertz CT molecular complexity index is 1450. The standard InChI is InChI=1S/C36H43N5O4.ClH/c1-3-20-40(36(43)37-25-27-14-16-32(17-15-27)41(44)45)31-18-21-39(22-19-31)26-30-23-33(24-34(30)28-10-6-4-7-11-28)38(2)35(42)29-12-8-5-9-13-29;/h3-17,30-31,33-34H,1,18-26H2,2H3,(H,37,43);1H. The van der Waals surface area contributed by atoms with Gasteiger partial charge >= 0.3 is 6.03 Å². The summed E-state index contributed by atoms with van der Waals surface area (Å²) >= 11 is 0. The maximum atomic E-state index is 13.3. The molecule has 3 aromatic rings. The lowest BCUT2D eigenvalue weighted by molar-refractivity contribution is -0.384. The smallest absolute Gasteiger partial charge is 0.318 e. The molecule has 9 nitrogen and oxygen atoms in total. The number of hydrogen-bond acceptors (Lipinski definition) is 5. The molecule has 1 aliphatic carbocycles. The Kier molecular flexibility index (Phi) is 12.3. The van der Waals surface area contributed by atoms with Crippen molar-refractivity contribution in [2.75, 3.05) is 33.2 Å². The number of nitrogens with one attached hydrogen (secondary N) is 1. The van der Waals surface area contributed by atoms with Crippen LogP contribution in [0.2, 0.25) is 0 Å². The SMILES string of the molecule is C=CCN(C(=O)NCc1ccc([N+](=O)[O-])cc1)C1CCN(CC2CC(N(C)C(=O)c3ccccc3)CC2c2ccccc2)CC1.Cl. The molecule has 1 aliphatic heterocycles. The highest BCUT2D eigenvalue weighted by Gasteiger charge is 2.40. The van der Waals surface area contributed by atoms with Crippen LogP contribution >= 0.6 is 12.4 Å². The van der Waals surface area contributed by atoms with Gasteiger partial charge in [0.25, 0.3) is 11.6 Å². The predicted octanol–water partition coefficient (Wildman–Crippen LogP) is 6.51. The summed E-state index contributed by atoms with van der Waals surface area (Å²) in [6, 6.07) is 26.6. The molecule has 0 aromatic heterocycles. The van der Waals surface area contributed by atoms with Gasteiger partial charge in [-0.3, -0.25) is 14.9 Å². The Balaban J connectivity index is 0.00000480. The van der Waals surface area contributed by atoms with Crippen LogP contribution in [0.3, 0.4) is 0 Å². The van der Waals surface area contributed by atoms with E-state index in [0.29, 0.717) is 24.9 Å². The van der Waals surface area contributed by atoms with E-state index in [-0.39, 0.29) is 42.1 Å². The number of nitro benzene ring substituents is 1. The van der Waals surface area contributed by atoms with E-state index < -0.39 is 4.92 Å². The monoisotopic (exact) mass is 645 g/mol. The zero-order valence-electron chi connectivity index (χ0n) is 26.4. The summed E-state index contributed by atoms with van der Waals surface area (Å²) in [6.07, 6.45) is 5.41. The van der Waals surface area contributed by atoms with E-state index in [1.807, 2.05) is 47.2 Å². The lowest BCUT2D eigenvalue weighted by atomic mass is 9.88. The molecule has 3 aromatic carbocycles. The molecule has 46 heavy (non-hydrogen) atoms. The van der Waals surface area contributed by atoms with Gasteiger partial charge in [-0.1, -0.05) is 66.7 Å². The molecule has 0 radical (unpaired) electrons. The van der Waals surface area contributed by atoms with E-state index in [1.165, 1.54) is 17.7 Å². The zero-order chi connectivity index (χ0) is 31.8. The minimum atomic E-state index is -0.432. The van der Waals surface area contributed by atoms with Crippen molar-refractivity contribution >= 4 is 30.0 Å². The van der Waals surface area contributed by atoms with Crippen LogP contribution in [0.4, 0.5) is 10.5 Å². The summed E-state index contributed by atoms with van der Waals surface area (Å²) in [4.78, 5) is 43.3. The minimum absolute atomic E-state index is 0. The number of halogens is 1. The molecule has 1 N–H and O–H groups in total. The maximum Gasteiger partial charge on any atom is 0.318 e. The van der Waals surface area contributed by atoms with Crippen molar-refractivity contribution < 1.29 is 14.5 Å². The Morgan fingerprint density at radius 2 is 1.59 bits per heavy atom. The van der Waals surface area contributed by atoms with Crippen molar-refractivity contribution in [3.8, 4) is 0 Å². The number of benzene rings is 3. The quantitative estimate of drug-likeness (QED) is 0.146. The fourth-order valence-electron chi connectivity index (χ4n) is 6.97. The van der Waals surface area contributed by atoms with Crippen LogP contribution in [0.1, 0.15) is 53.1 Å². The van der Waals surface area contributed by atoms with Gasteiger partial charge in [-0.2, -0.15) is 0 Å². The molecule has 3 amide bonds. The molecule has 1 saturated carbocycles. The minimum Gasteiger partial charge on any atom is -0.339 e. The normalized spacial score (nSPS) is 19.9. The van der Waals surface area contributed by atoms with Gasteiger partial charge in [-0.15, -0.1) is 19.0 Å². The van der Waals surface area contributed by atoms with Crippen molar-refractivity contribution in [3.63, 3.8) is 0 Å². The highest BCUT2D eigenvalue weighted by Crippen LogP contribution is 2.42. The van der Waals surface area contributed by atoms with Gasteiger partial charge in [0.2, 0.25) is 0 Å². The number of rotatable bonds is 11. The number of non-ortho nitro benzene ring substituents is 1. The molecule has 1 heterocycles. The molecule has 2 fully saturated rings. The summed E-state index contributed by atoms with van der Waals surface area (Å²) in [5.41, 5.74) is 2.90. The summed E-state index contributed by atoms with van der Waals surface area (Å²) in [7, 11) is 1.94. The van der Waals surface area contributed by atoms with Crippen molar-refractivity contribution in [1.82, 2.24) is 20.0 Å². The van der Waals surface area contributed by atoms with Gasteiger partial charge in [0.05, 0.1) is 4.92 Å². The molecule has 244 valence electrons. The number of carbonyl (C=O) groups excluding carboxylic acids is 2. The lowest BCUT2D eigenvalue weighted by Gasteiger charge is -2.39. The van der Waals surface area contributed by atoms with Crippen LogP contribution in [0.25, 0.3) is 0 Å². The van der Waals surface area contributed by atoms with Crippen LogP contribution in [-0.2, 0) is 6.54 Å². The van der Waals surface area contributed by atoms with Crippen molar-refractivity contribution in [2.24, 2.45) is 5.92 Å². The summed E-state index contributed by atoms with van der Waals surface area (Å²) in [6.45, 7) is 7.39. The molecule has 3 atom stereocenters. The number of nitro groups is 1. The fourth-order valence-corrected chi connectivity index (χ4v) is 6.97. The second-order valence-corrected chi connectivity index (χ2v) is 12.2. The number of piperidine rings is 1. The molecule has 1 saturated heterocycles. The Hall–Kier alpha value is -4.21. The lowest BCUT2D eigenvalue weighted by Crippen LogP contribution is -2.51. The van der Waals surface area contributed by atoms with Gasteiger partial charge in [-0.25, -0.2) is 4.79 Å². The van der Waals surface area contributed by atoms with Gasteiger partial charge in [0.15, 0.2) is 0 Å². The first-order valence-corrected chi connectivity index (χ1v) is 15.8. The van der Waals surface area contributed by atoms with Crippen LogP contribution in [0.5, 0.6) is 0 Å². The average Bonchev–Trinajstić information content (AvgIpc) is 3.50. The van der Waals surface area contributed by atoms with E-state index in [2.05, 4.69) is 47.1 Å². The molecule has 3 unspecified atom stereocenters. The largest absolute Gasteiger partial charge is 0.339 e. The number of amides is 3. The van der Waals surface area contributed by atoms with Crippen LogP contribution in [0.15, 0.2) is 97.6 Å². The molecule has 2 aliphatic rings. The first-order valence-electron chi connectivity index (χ1n) is 15.8. The number of carbonyl (C=O) groups is 2. The third kappa shape index (κ3) is 8.53. The first kappa shape index (κ1) is 34.7. The number of urea groups is 1. The maximum absolute atomic E-state index is 13.3. The third-order valence-corrected chi connectivity index (χ3v) is 9.45. The Morgan fingerprint density at radius 1 is 0.957 bits per heavy atom. The van der Waals surface area contributed by atoms with Crippen molar-refractivity contribution in [1.29, 1.82) is 0 Å². The summed E-state index contributed by atoms with van der Waals surface area (Å²) in [5.74, 6) is 0.875. The van der Waals surface area contributed by atoms with E-state index in [9.17, 15) is 19.7 Å². The topological polar surface area (TPSA) is 99.0 Å².